The van der Waals surface area contributed by atoms with E-state index in [-0.39, 0.29) is 6.61 Å². The van der Waals surface area contributed by atoms with Gasteiger partial charge in [0.05, 0.1) is 6.61 Å². The molecule has 0 bridgehead atoms. The Kier molecular flexibility index (Phi) is 3.35. The molecule has 0 aromatic carbocycles. The maximum atomic E-state index is 10.3. The van der Waals surface area contributed by atoms with E-state index in [0.29, 0.717) is 12.1 Å². The molecule has 1 aliphatic heterocycles. The fourth-order valence-electron chi connectivity index (χ4n) is 2.11. The van der Waals surface area contributed by atoms with Crippen LogP contribution in [0.15, 0.2) is 24.3 Å². The summed E-state index contributed by atoms with van der Waals surface area (Å²) in [5.74, 6) is 0. The third-order valence-corrected chi connectivity index (χ3v) is 2.90. The minimum atomic E-state index is 0.0606. The highest BCUT2D eigenvalue weighted by Gasteiger charge is 2.30. The van der Waals surface area contributed by atoms with Gasteiger partial charge in [0, 0.05) is 25.3 Å². The molecular formula is C11H17N2O. The van der Waals surface area contributed by atoms with Crippen molar-refractivity contribution in [3.8, 4) is 0 Å². The number of fused-ring (bicyclic) bond motifs is 1. The van der Waals surface area contributed by atoms with Crippen molar-refractivity contribution in [2.24, 2.45) is 0 Å². The largest absolute Gasteiger partial charge is 0.296 e. The van der Waals surface area contributed by atoms with Crippen molar-refractivity contribution in [2.45, 2.75) is 24.9 Å². The number of hydrogen-bond donors (Lipinski definition) is 1. The molecular weight excluding hydrogens is 176 g/mol. The van der Waals surface area contributed by atoms with E-state index >= 15 is 0 Å². The van der Waals surface area contributed by atoms with Crippen LogP contribution in [-0.2, 0) is 5.11 Å². The maximum absolute atomic E-state index is 10.3. The van der Waals surface area contributed by atoms with Gasteiger partial charge >= 0.3 is 0 Å². The second kappa shape index (κ2) is 4.73. The lowest BCUT2D eigenvalue weighted by Gasteiger charge is -2.24. The number of allylic oxidation sites excluding steroid dienone is 2. The van der Waals surface area contributed by atoms with E-state index in [9.17, 15) is 5.11 Å². The van der Waals surface area contributed by atoms with Crippen LogP contribution in [0.1, 0.15) is 12.8 Å². The van der Waals surface area contributed by atoms with Crippen molar-refractivity contribution in [1.29, 1.82) is 0 Å². The zero-order chi connectivity index (χ0) is 9.80. The van der Waals surface area contributed by atoms with Crippen LogP contribution in [-0.4, -0.2) is 36.8 Å². The Hall–Kier alpha value is -0.640. The number of rotatable bonds is 4. The predicted octanol–water partition coefficient (Wildman–Crippen LogP) is 0.923. The van der Waals surface area contributed by atoms with Crippen molar-refractivity contribution in [3.63, 3.8) is 0 Å². The normalized spacial score (nSPS) is 30.9. The lowest BCUT2D eigenvalue weighted by molar-refractivity contribution is 0.178. The first-order valence-corrected chi connectivity index (χ1v) is 5.32. The average molecular weight is 193 g/mol. The Morgan fingerprint density at radius 3 is 3.00 bits per heavy atom. The summed E-state index contributed by atoms with van der Waals surface area (Å²) in [6, 6.07) is 0.985. The summed E-state index contributed by atoms with van der Waals surface area (Å²) in [4.78, 5) is 2.40. The molecule has 1 fully saturated rings. The smallest absolute Gasteiger partial charge is 0.0822 e. The SMILES string of the molecule is [O]CCCCN1CNC2C=CC=CC21. The summed E-state index contributed by atoms with van der Waals surface area (Å²) in [5.41, 5.74) is 0. The molecule has 1 radical (unpaired) electrons. The van der Waals surface area contributed by atoms with Crippen LogP contribution in [0.4, 0.5) is 0 Å². The van der Waals surface area contributed by atoms with Crippen molar-refractivity contribution in [1.82, 2.24) is 10.2 Å². The third kappa shape index (κ3) is 2.05. The molecule has 0 saturated carbocycles. The molecule has 2 rings (SSSR count). The van der Waals surface area contributed by atoms with Gasteiger partial charge in [-0.25, -0.2) is 5.11 Å². The lowest BCUT2D eigenvalue weighted by Crippen LogP contribution is -2.34. The Balaban J connectivity index is 1.83. The Morgan fingerprint density at radius 1 is 1.29 bits per heavy atom. The molecule has 1 saturated heterocycles. The zero-order valence-corrected chi connectivity index (χ0v) is 8.36. The van der Waals surface area contributed by atoms with E-state index in [2.05, 4.69) is 34.5 Å². The van der Waals surface area contributed by atoms with Crippen LogP contribution in [0.5, 0.6) is 0 Å². The predicted molar refractivity (Wildman–Crippen MR) is 55.4 cm³/mol. The quantitative estimate of drug-likeness (QED) is 0.674. The molecule has 77 valence electrons. The van der Waals surface area contributed by atoms with Gasteiger partial charge in [0.25, 0.3) is 0 Å². The molecule has 14 heavy (non-hydrogen) atoms. The van der Waals surface area contributed by atoms with Crippen molar-refractivity contribution < 1.29 is 5.11 Å². The summed E-state index contributed by atoms with van der Waals surface area (Å²) in [7, 11) is 0. The number of nitrogens with one attached hydrogen (secondary N) is 1. The first kappa shape index (κ1) is 9.90. The van der Waals surface area contributed by atoms with Crippen LogP contribution in [0.25, 0.3) is 0 Å². The minimum Gasteiger partial charge on any atom is -0.296 e. The topological polar surface area (TPSA) is 35.2 Å². The molecule has 0 amide bonds. The van der Waals surface area contributed by atoms with Gasteiger partial charge in [-0.3, -0.25) is 10.2 Å². The second-order valence-electron chi connectivity index (χ2n) is 3.87. The van der Waals surface area contributed by atoms with Gasteiger partial charge in [0.1, 0.15) is 0 Å². The van der Waals surface area contributed by atoms with E-state index in [1.165, 1.54) is 0 Å². The Morgan fingerprint density at radius 2 is 2.14 bits per heavy atom. The minimum absolute atomic E-state index is 0.0606. The van der Waals surface area contributed by atoms with E-state index in [1.54, 1.807) is 0 Å². The third-order valence-electron chi connectivity index (χ3n) is 2.90. The Bertz CT molecular complexity index is 237. The average Bonchev–Trinajstić information content (AvgIpc) is 2.63. The monoisotopic (exact) mass is 193 g/mol. The molecule has 1 heterocycles. The molecule has 3 heteroatoms. The van der Waals surface area contributed by atoms with E-state index in [0.717, 1.165) is 26.1 Å². The van der Waals surface area contributed by atoms with Gasteiger partial charge in [0.15, 0.2) is 0 Å². The van der Waals surface area contributed by atoms with Crippen LogP contribution in [0.3, 0.4) is 0 Å². The molecule has 1 N–H and O–H groups in total. The van der Waals surface area contributed by atoms with E-state index in [4.69, 9.17) is 0 Å². The van der Waals surface area contributed by atoms with Gasteiger partial charge in [-0.2, -0.15) is 0 Å². The van der Waals surface area contributed by atoms with Crippen molar-refractivity contribution in [2.75, 3.05) is 19.8 Å². The fourth-order valence-corrected chi connectivity index (χ4v) is 2.11. The van der Waals surface area contributed by atoms with Gasteiger partial charge < -0.3 is 0 Å². The number of nitrogens with zero attached hydrogens (tertiary/aromatic N) is 1. The summed E-state index contributed by atoms with van der Waals surface area (Å²) >= 11 is 0. The molecule has 2 aliphatic rings. The Labute approximate surface area is 85.1 Å². The maximum Gasteiger partial charge on any atom is 0.0822 e. The summed E-state index contributed by atoms with van der Waals surface area (Å²) < 4.78 is 0. The molecule has 0 aromatic rings. The fraction of sp³-hybridized carbons (Fsp3) is 0.636. The standard InChI is InChI=1S/C11H17N2O/c14-8-4-3-7-13-9-12-10-5-1-2-6-11(10)13/h1-2,5-6,10-12H,3-4,7-9H2. The van der Waals surface area contributed by atoms with Gasteiger partial charge in [-0.1, -0.05) is 24.3 Å². The van der Waals surface area contributed by atoms with Gasteiger partial charge in [-0.05, 0) is 12.8 Å². The van der Waals surface area contributed by atoms with E-state index < -0.39 is 0 Å². The highest BCUT2D eigenvalue weighted by molar-refractivity contribution is 5.22. The molecule has 3 nitrogen and oxygen atoms in total. The van der Waals surface area contributed by atoms with Crippen molar-refractivity contribution in [3.05, 3.63) is 24.3 Å². The van der Waals surface area contributed by atoms with E-state index in [1.807, 2.05) is 0 Å². The highest BCUT2D eigenvalue weighted by atomic mass is 16.2. The molecule has 0 spiro atoms. The van der Waals surface area contributed by atoms with Crippen molar-refractivity contribution >= 4 is 0 Å². The number of hydrogen-bond acceptors (Lipinski definition) is 2. The van der Waals surface area contributed by atoms with Crippen LogP contribution in [0, 0.1) is 0 Å². The van der Waals surface area contributed by atoms with Gasteiger partial charge in [-0.15, -0.1) is 0 Å². The van der Waals surface area contributed by atoms with Crippen LogP contribution < -0.4 is 5.32 Å². The lowest BCUT2D eigenvalue weighted by atomic mass is 10.0. The summed E-state index contributed by atoms with van der Waals surface area (Å²) in [6.45, 7) is 2.04. The van der Waals surface area contributed by atoms with Gasteiger partial charge in [0.2, 0.25) is 0 Å². The molecule has 2 atom stereocenters. The number of unbranched alkanes of at least 4 members (excludes halogenated alkanes) is 1. The summed E-state index contributed by atoms with van der Waals surface area (Å²) in [5, 5.41) is 13.8. The second-order valence-corrected chi connectivity index (χ2v) is 3.87. The van der Waals surface area contributed by atoms with Crippen LogP contribution in [0.2, 0.25) is 0 Å². The molecule has 2 unspecified atom stereocenters. The first-order valence-electron chi connectivity index (χ1n) is 5.32. The summed E-state index contributed by atoms with van der Waals surface area (Å²) in [6.07, 6.45) is 10.5. The van der Waals surface area contributed by atoms with Crippen LogP contribution >= 0.6 is 0 Å². The molecule has 0 aromatic heterocycles. The first-order chi connectivity index (χ1) is 6.92. The highest BCUT2D eigenvalue weighted by Crippen LogP contribution is 2.17. The zero-order valence-electron chi connectivity index (χ0n) is 8.36. The molecule has 1 aliphatic carbocycles.